The molecule has 1 rings (SSSR count). The number of hydrogen-bond acceptors (Lipinski definition) is 4. The molecule has 0 radical (unpaired) electrons. The van der Waals surface area contributed by atoms with Gasteiger partial charge in [-0.25, -0.2) is 0 Å². The molecule has 0 N–H and O–H groups in total. The minimum Gasteiger partial charge on any atom is -0.497 e. The van der Waals surface area contributed by atoms with Crippen molar-refractivity contribution in [2.24, 2.45) is 0 Å². The third-order valence-electron chi connectivity index (χ3n) is 1.65. The molecule has 15 heavy (non-hydrogen) atoms. The van der Waals surface area contributed by atoms with Gasteiger partial charge in [-0.05, 0) is 12.1 Å². The van der Waals surface area contributed by atoms with Crippen molar-refractivity contribution < 1.29 is 17.3 Å². The van der Waals surface area contributed by atoms with E-state index in [0.717, 1.165) is 0 Å². The van der Waals surface area contributed by atoms with Crippen LogP contribution in [0.5, 0.6) is 5.75 Å². The van der Waals surface area contributed by atoms with Crippen LogP contribution in [0.3, 0.4) is 0 Å². The maximum atomic E-state index is 11.6. The normalized spacial score (nSPS) is 11.3. The summed E-state index contributed by atoms with van der Waals surface area (Å²) in [5, 5.41) is 0.468. The number of ether oxygens (including phenoxy) is 1. The van der Waals surface area contributed by atoms with Gasteiger partial charge in [0.05, 0.1) is 18.6 Å². The van der Waals surface area contributed by atoms with E-state index in [9.17, 15) is 8.42 Å². The highest BCUT2D eigenvalue weighted by Crippen LogP contribution is 2.18. The molecular weight excluding hydrogens is 284 g/mol. The van der Waals surface area contributed by atoms with Crippen molar-refractivity contribution in [2.45, 2.75) is 4.90 Å². The van der Waals surface area contributed by atoms with Crippen LogP contribution in [0.4, 0.5) is 0 Å². The Labute approximate surface area is 97.5 Å². The third kappa shape index (κ3) is 3.48. The molecule has 6 heteroatoms. The summed E-state index contributed by atoms with van der Waals surface area (Å²) >= 11 is 3.09. The summed E-state index contributed by atoms with van der Waals surface area (Å²) in [6.07, 6.45) is 0. The lowest BCUT2D eigenvalue weighted by molar-refractivity contribution is 0.341. The number of halogens is 1. The van der Waals surface area contributed by atoms with Gasteiger partial charge in [0, 0.05) is 11.4 Å². The molecule has 0 saturated carbocycles. The Morgan fingerprint density at radius 1 is 1.40 bits per heavy atom. The lowest BCUT2D eigenvalue weighted by atomic mass is 10.3. The predicted molar refractivity (Wildman–Crippen MR) is 59.9 cm³/mol. The zero-order valence-electron chi connectivity index (χ0n) is 8.14. The van der Waals surface area contributed by atoms with Gasteiger partial charge in [0.25, 0.3) is 10.1 Å². The highest BCUT2D eigenvalue weighted by Gasteiger charge is 2.15. The monoisotopic (exact) mass is 294 g/mol. The molecule has 0 spiro atoms. The summed E-state index contributed by atoms with van der Waals surface area (Å²) < 4.78 is 32.8. The quantitative estimate of drug-likeness (QED) is 0.614. The van der Waals surface area contributed by atoms with Crippen LogP contribution >= 0.6 is 15.9 Å². The summed E-state index contributed by atoms with van der Waals surface area (Å²) in [6.45, 7) is 0.111. The van der Waals surface area contributed by atoms with Crippen molar-refractivity contribution in [1.82, 2.24) is 0 Å². The molecule has 0 aliphatic carbocycles. The van der Waals surface area contributed by atoms with E-state index in [0.29, 0.717) is 11.1 Å². The topological polar surface area (TPSA) is 52.6 Å². The van der Waals surface area contributed by atoms with Crippen LogP contribution in [-0.2, 0) is 14.3 Å². The van der Waals surface area contributed by atoms with E-state index >= 15 is 0 Å². The Hall–Kier alpha value is -0.590. The molecule has 0 saturated heterocycles. The van der Waals surface area contributed by atoms with E-state index in [1.165, 1.54) is 19.2 Å². The van der Waals surface area contributed by atoms with Gasteiger partial charge in [-0.15, -0.1) is 0 Å². The van der Waals surface area contributed by atoms with E-state index in [1.54, 1.807) is 12.1 Å². The largest absolute Gasteiger partial charge is 0.497 e. The molecule has 0 amide bonds. The first-order chi connectivity index (χ1) is 7.10. The Kier molecular flexibility index (Phi) is 4.56. The molecule has 0 bridgehead atoms. The van der Waals surface area contributed by atoms with Crippen LogP contribution in [0.1, 0.15) is 0 Å². The second kappa shape index (κ2) is 5.48. The molecule has 4 nitrogen and oxygen atoms in total. The standard InChI is InChI=1S/C9H11BrO4S/c1-13-8-3-2-4-9(7-8)15(11,12)14-6-5-10/h2-4,7H,5-6H2,1H3. The zero-order valence-corrected chi connectivity index (χ0v) is 10.5. The summed E-state index contributed by atoms with van der Waals surface area (Å²) in [7, 11) is -2.19. The average Bonchev–Trinajstić information content (AvgIpc) is 2.26. The fraction of sp³-hybridized carbons (Fsp3) is 0.333. The molecule has 0 fully saturated rings. The van der Waals surface area contributed by atoms with Gasteiger partial charge in [-0.2, -0.15) is 8.42 Å². The van der Waals surface area contributed by atoms with Crippen molar-refractivity contribution in [3.05, 3.63) is 24.3 Å². The first-order valence-electron chi connectivity index (χ1n) is 4.19. The van der Waals surface area contributed by atoms with Crippen LogP contribution in [-0.4, -0.2) is 27.5 Å². The molecule has 1 aromatic rings. The van der Waals surface area contributed by atoms with Crippen molar-refractivity contribution in [2.75, 3.05) is 19.0 Å². The van der Waals surface area contributed by atoms with Gasteiger partial charge >= 0.3 is 0 Å². The van der Waals surface area contributed by atoms with Crippen molar-refractivity contribution in [3.8, 4) is 5.75 Å². The number of rotatable bonds is 5. The Bertz CT molecular complexity index is 416. The molecule has 1 aromatic carbocycles. The zero-order chi connectivity index (χ0) is 11.3. The van der Waals surface area contributed by atoms with Crippen LogP contribution < -0.4 is 4.74 Å². The lowest BCUT2D eigenvalue weighted by Crippen LogP contribution is -2.08. The van der Waals surface area contributed by atoms with Crippen LogP contribution in [0.25, 0.3) is 0 Å². The van der Waals surface area contributed by atoms with Crippen LogP contribution in [0.2, 0.25) is 0 Å². The summed E-state index contributed by atoms with van der Waals surface area (Å²) in [5.41, 5.74) is 0. The fourth-order valence-electron chi connectivity index (χ4n) is 0.966. The molecule has 0 aliphatic rings. The van der Waals surface area contributed by atoms with Gasteiger partial charge in [0.15, 0.2) is 0 Å². The summed E-state index contributed by atoms with van der Waals surface area (Å²) in [5.74, 6) is 0.485. The van der Waals surface area contributed by atoms with Gasteiger partial charge in [-0.3, -0.25) is 4.18 Å². The predicted octanol–water partition coefficient (Wildman–Crippen LogP) is 1.80. The lowest BCUT2D eigenvalue weighted by Gasteiger charge is -2.05. The highest BCUT2D eigenvalue weighted by molar-refractivity contribution is 9.09. The minimum atomic E-state index is -3.67. The number of methoxy groups -OCH3 is 1. The number of alkyl halides is 1. The Morgan fingerprint density at radius 3 is 2.73 bits per heavy atom. The summed E-state index contributed by atoms with van der Waals surface area (Å²) in [4.78, 5) is 0.0998. The van der Waals surface area contributed by atoms with Gasteiger partial charge in [0.2, 0.25) is 0 Å². The van der Waals surface area contributed by atoms with E-state index in [-0.39, 0.29) is 11.5 Å². The number of benzene rings is 1. The minimum absolute atomic E-state index is 0.0998. The Morgan fingerprint density at radius 2 is 2.13 bits per heavy atom. The average molecular weight is 295 g/mol. The molecule has 0 aromatic heterocycles. The SMILES string of the molecule is COc1cccc(S(=O)(=O)OCCBr)c1. The summed E-state index contributed by atoms with van der Waals surface area (Å²) in [6, 6.07) is 6.16. The van der Waals surface area contributed by atoms with Crippen molar-refractivity contribution in [1.29, 1.82) is 0 Å². The van der Waals surface area contributed by atoms with Gasteiger partial charge in [-0.1, -0.05) is 22.0 Å². The molecule has 0 atom stereocenters. The third-order valence-corrected chi connectivity index (χ3v) is 3.28. The van der Waals surface area contributed by atoms with E-state index in [1.807, 2.05) is 0 Å². The van der Waals surface area contributed by atoms with Crippen LogP contribution in [0, 0.1) is 0 Å². The Balaban J connectivity index is 2.94. The smallest absolute Gasteiger partial charge is 0.297 e. The fourth-order valence-corrected chi connectivity index (χ4v) is 2.29. The van der Waals surface area contributed by atoms with Gasteiger partial charge < -0.3 is 4.74 Å². The second-order valence-corrected chi connectivity index (χ2v) is 5.05. The maximum Gasteiger partial charge on any atom is 0.297 e. The molecule has 0 heterocycles. The number of hydrogen-bond donors (Lipinski definition) is 0. The van der Waals surface area contributed by atoms with E-state index in [2.05, 4.69) is 15.9 Å². The first-order valence-corrected chi connectivity index (χ1v) is 6.72. The second-order valence-electron chi connectivity index (χ2n) is 2.64. The first kappa shape index (κ1) is 12.5. The molecule has 0 unspecified atom stereocenters. The molecule has 0 aliphatic heterocycles. The molecular formula is C9H11BrO4S. The van der Waals surface area contributed by atoms with E-state index in [4.69, 9.17) is 8.92 Å². The van der Waals surface area contributed by atoms with E-state index < -0.39 is 10.1 Å². The van der Waals surface area contributed by atoms with Crippen molar-refractivity contribution in [3.63, 3.8) is 0 Å². The highest BCUT2D eigenvalue weighted by atomic mass is 79.9. The van der Waals surface area contributed by atoms with Crippen molar-refractivity contribution >= 4 is 26.0 Å². The van der Waals surface area contributed by atoms with Gasteiger partial charge in [0.1, 0.15) is 5.75 Å². The molecule has 84 valence electrons. The maximum absolute atomic E-state index is 11.6. The van der Waals surface area contributed by atoms with Crippen LogP contribution in [0.15, 0.2) is 29.2 Å².